The summed E-state index contributed by atoms with van der Waals surface area (Å²) >= 11 is 0. The fourth-order valence-corrected chi connectivity index (χ4v) is 2.00. The van der Waals surface area contributed by atoms with E-state index in [1.54, 1.807) is 24.8 Å². The van der Waals surface area contributed by atoms with E-state index in [1.165, 1.54) is 6.42 Å². The molecule has 0 unspecified atom stereocenters. The molecule has 0 saturated carbocycles. The summed E-state index contributed by atoms with van der Waals surface area (Å²) in [6, 6.07) is 1.73. The molecule has 0 aliphatic carbocycles. The monoisotopic (exact) mass is 235 g/mol. The molecule has 1 fully saturated rings. The smallest absolute Gasteiger partial charge is 0.257 e. The van der Waals surface area contributed by atoms with E-state index in [4.69, 9.17) is 4.42 Å². The summed E-state index contributed by atoms with van der Waals surface area (Å²) in [6.07, 6.45) is 7.89. The molecular weight excluding hydrogens is 218 g/mol. The molecule has 5 nitrogen and oxygen atoms in total. The molecule has 2 rings (SSSR count). The van der Waals surface area contributed by atoms with Crippen LogP contribution in [0.4, 0.5) is 0 Å². The normalized spacial score (nSPS) is 21.8. The second-order valence-electron chi connectivity index (χ2n) is 4.28. The van der Waals surface area contributed by atoms with Gasteiger partial charge in [-0.3, -0.25) is 9.69 Å². The molecule has 1 aromatic heterocycles. The molecule has 1 aromatic rings. The van der Waals surface area contributed by atoms with Crippen LogP contribution in [0, 0.1) is 0 Å². The lowest BCUT2D eigenvalue weighted by Crippen LogP contribution is -2.46. The zero-order valence-electron chi connectivity index (χ0n) is 9.93. The van der Waals surface area contributed by atoms with Crippen molar-refractivity contribution in [3.63, 3.8) is 0 Å². The largest absolute Gasteiger partial charge is 0.472 e. The third-order valence-electron chi connectivity index (χ3n) is 3.00. The van der Waals surface area contributed by atoms with Gasteiger partial charge in [-0.05, 0) is 32.5 Å². The summed E-state index contributed by atoms with van der Waals surface area (Å²) in [5, 5.41) is 3.91. The van der Waals surface area contributed by atoms with E-state index in [-0.39, 0.29) is 11.9 Å². The van der Waals surface area contributed by atoms with Crippen LogP contribution in [0.3, 0.4) is 0 Å². The average molecular weight is 235 g/mol. The predicted molar refractivity (Wildman–Crippen MR) is 64.7 cm³/mol. The number of hydrogen-bond acceptors (Lipinski definition) is 4. The third-order valence-corrected chi connectivity index (χ3v) is 3.00. The van der Waals surface area contributed by atoms with E-state index in [0.29, 0.717) is 0 Å². The standard InChI is InChI=1S/C12H17N3O2/c1-15-6-3-2-4-11(15)12(16)14-13-8-10-5-7-17-9-10/h5,7-9,11H,2-4,6H2,1H3,(H,14,16)/b13-8-/t11-/m1/s1. The van der Waals surface area contributed by atoms with Crippen molar-refractivity contribution in [2.45, 2.75) is 25.3 Å². The molecule has 1 atom stereocenters. The van der Waals surface area contributed by atoms with Crippen molar-refractivity contribution in [3.8, 4) is 0 Å². The second kappa shape index (κ2) is 5.63. The van der Waals surface area contributed by atoms with Gasteiger partial charge in [-0.25, -0.2) is 5.43 Å². The summed E-state index contributed by atoms with van der Waals surface area (Å²) in [7, 11) is 1.98. The molecule has 2 heterocycles. The second-order valence-corrected chi connectivity index (χ2v) is 4.28. The van der Waals surface area contributed by atoms with Crippen molar-refractivity contribution < 1.29 is 9.21 Å². The van der Waals surface area contributed by atoms with Gasteiger partial charge in [-0.15, -0.1) is 0 Å². The van der Waals surface area contributed by atoms with Crippen LogP contribution in [-0.4, -0.2) is 36.7 Å². The first kappa shape index (κ1) is 11.9. The fraction of sp³-hybridized carbons (Fsp3) is 0.500. The number of likely N-dealkylation sites (tertiary alicyclic amines) is 1. The van der Waals surface area contributed by atoms with E-state index < -0.39 is 0 Å². The van der Waals surface area contributed by atoms with Crippen molar-refractivity contribution in [1.82, 2.24) is 10.3 Å². The van der Waals surface area contributed by atoms with Crippen LogP contribution in [0.25, 0.3) is 0 Å². The number of hydrogen-bond donors (Lipinski definition) is 1. The Morgan fingerprint density at radius 1 is 1.65 bits per heavy atom. The van der Waals surface area contributed by atoms with E-state index >= 15 is 0 Å². The Kier molecular flexibility index (Phi) is 3.93. The number of rotatable bonds is 3. The summed E-state index contributed by atoms with van der Waals surface area (Å²) in [5.74, 6) is -0.0352. The molecule has 0 spiro atoms. The lowest BCUT2D eigenvalue weighted by Gasteiger charge is -2.30. The summed E-state index contributed by atoms with van der Waals surface area (Å²) in [4.78, 5) is 13.9. The van der Waals surface area contributed by atoms with Crippen molar-refractivity contribution in [1.29, 1.82) is 0 Å². The lowest BCUT2D eigenvalue weighted by atomic mass is 10.0. The van der Waals surface area contributed by atoms with Crippen molar-refractivity contribution in [2.75, 3.05) is 13.6 Å². The molecule has 1 aliphatic rings. The first-order valence-corrected chi connectivity index (χ1v) is 5.83. The summed E-state index contributed by atoms with van der Waals surface area (Å²) in [6.45, 7) is 0.976. The quantitative estimate of drug-likeness (QED) is 0.633. The molecule has 92 valence electrons. The van der Waals surface area contributed by atoms with E-state index in [9.17, 15) is 4.79 Å². The van der Waals surface area contributed by atoms with Gasteiger partial charge in [0, 0.05) is 5.56 Å². The lowest BCUT2D eigenvalue weighted by molar-refractivity contribution is -0.126. The van der Waals surface area contributed by atoms with Crippen LogP contribution in [0.2, 0.25) is 0 Å². The van der Waals surface area contributed by atoms with Crippen molar-refractivity contribution >= 4 is 12.1 Å². The first-order chi connectivity index (χ1) is 8.27. The van der Waals surface area contributed by atoms with Crippen LogP contribution in [0.15, 0.2) is 28.1 Å². The molecule has 0 aromatic carbocycles. The van der Waals surface area contributed by atoms with Gasteiger partial charge in [0.1, 0.15) is 0 Å². The van der Waals surface area contributed by atoms with Gasteiger partial charge in [0.05, 0.1) is 24.8 Å². The van der Waals surface area contributed by atoms with E-state index in [1.807, 2.05) is 7.05 Å². The zero-order chi connectivity index (χ0) is 12.1. The van der Waals surface area contributed by atoms with Gasteiger partial charge < -0.3 is 4.42 Å². The first-order valence-electron chi connectivity index (χ1n) is 5.83. The Morgan fingerprint density at radius 2 is 2.53 bits per heavy atom. The van der Waals surface area contributed by atoms with Crippen LogP contribution >= 0.6 is 0 Å². The highest BCUT2D eigenvalue weighted by molar-refractivity contribution is 5.84. The average Bonchev–Trinajstić information content (AvgIpc) is 2.82. The third kappa shape index (κ3) is 3.17. The van der Waals surface area contributed by atoms with Gasteiger partial charge >= 0.3 is 0 Å². The molecule has 1 saturated heterocycles. The summed E-state index contributed by atoms with van der Waals surface area (Å²) < 4.78 is 4.89. The minimum atomic E-state index is -0.0507. The van der Waals surface area contributed by atoms with Gasteiger partial charge in [0.2, 0.25) is 0 Å². The number of hydrazone groups is 1. The molecule has 17 heavy (non-hydrogen) atoms. The van der Waals surface area contributed by atoms with E-state index in [2.05, 4.69) is 15.4 Å². The highest BCUT2D eigenvalue weighted by Crippen LogP contribution is 2.14. The molecule has 0 bridgehead atoms. The Morgan fingerprint density at radius 3 is 3.24 bits per heavy atom. The Labute approximate surface area is 100 Å². The molecule has 1 N–H and O–H groups in total. The predicted octanol–water partition coefficient (Wildman–Crippen LogP) is 1.21. The van der Waals surface area contributed by atoms with Crippen LogP contribution < -0.4 is 5.43 Å². The molecule has 1 aliphatic heterocycles. The molecule has 5 heteroatoms. The van der Waals surface area contributed by atoms with Crippen LogP contribution in [0.5, 0.6) is 0 Å². The highest BCUT2D eigenvalue weighted by Gasteiger charge is 2.25. The minimum absolute atomic E-state index is 0.0352. The number of nitrogens with zero attached hydrogens (tertiary/aromatic N) is 2. The number of carbonyl (C=O) groups excluding carboxylic acids is 1. The van der Waals surface area contributed by atoms with Gasteiger partial charge in [0.15, 0.2) is 0 Å². The number of amides is 1. The number of nitrogens with one attached hydrogen (secondary N) is 1. The Bertz CT molecular complexity index is 386. The number of carbonyl (C=O) groups is 1. The minimum Gasteiger partial charge on any atom is -0.472 e. The maximum atomic E-state index is 11.8. The van der Waals surface area contributed by atoms with Crippen molar-refractivity contribution in [3.05, 3.63) is 24.2 Å². The van der Waals surface area contributed by atoms with Gasteiger partial charge in [0.25, 0.3) is 5.91 Å². The SMILES string of the molecule is CN1CCCC[C@@H]1C(=O)N/N=C\c1ccoc1. The van der Waals surface area contributed by atoms with Gasteiger partial charge in [-0.1, -0.05) is 6.42 Å². The molecular formula is C12H17N3O2. The number of likely N-dealkylation sites (N-methyl/N-ethyl adjacent to an activating group) is 1. The summed E-state index contributed by atoms with van der Waals surface area (Å²) in [5.41, 5.74) is 3.40. The highest BCUT2D eigenvalue weighted by atomic mass is 16.3. The molecule has 0 radical (unpaired) electrons. The number of piperidine rings is 1. The van der Waals surface area contributed by atoms with Crippen LogP contribution in [0.1, 0.15) is 24.8 Å². The van der Waals surface area contributed by atoms with Crippen molar-refractivity contribution in [2.24, 2.45) is 5.10 Å². The maximum Gasteiger partial charge on any atom is 0.257 e. The van der Waals surface area contributed by atoms with Crippen LogP contribution in [-0.2, 0) is 4.79 Å². The maximum absolute atomic E-state index is 11.8. The Balaban J connectivity index is 1.84. The topological polar surface area (TPSA) is 57.8 Å². The molecule has 1 amide bonds. The fourth-order valence-electron chi connectivity index (χ4n) is 2.00. The van der Waals surface area contributed by atoms with E-state index in [0.717, 1.165) is 24.9 Å². The zero-order valence-corrected chi connectivity index (χ0v) is 9.93. The number of furan rings is 1. The van der Waals surface area contributed by atoms with Gasteiger partial charge in [-0.2, -0.15) is 5.10 Å². The Hall–Kier alpha value is -1.62.